The highest BCUT2D eigenvalue weighted by molar-refractivity contribution is 9.10. The molecular weight excluding hydrogens is 249 g/mol. The maximum atomic E-state index is 13.1. The largest absolute Gasteiger partial charge is 0.488 e. The molecule has 1 aliphatic rings. The number of halogens is 2. The van der Waals surface area contributed by atoms with Crippen LogP contribution in [0, 0.1) is 5.82 Å². The fraction of sp³-hybridized carbons (Fsp3) is 0.400. The summed E-state index contributed by atoms with van der Waals surface area (Å²) in [7, 11) is 0. The molecule has 1 fully saturated rings. The first-order chi connectivity index (χ1) is 6.77. The Bertz CT molecular complexity index is 326. The van der Waals surface area contributed by atoms with Crippen LogP contribution in [0.25, 0.3) is 0 Å². The zero-order valence-electron chi connectivity index (χ0n) is 7.59. The number of ether oxygens (including phenoxy) is 1. The highest BCUT2D eigenvalue weighted by Crippen LogP contribution is 2.28. The molecule has 1 unspecified atom stereocenters. The van der Waals surface area contributed by atoms with E-state index in [4.69, 9.17) is 4.74 Å². The molecule has 1 saturated heterocycles. The fourth-order valence-corrected chi connectivity index (χ4v) is 1.84. The summed E-state index contributed by atoms with van der Waals surface area (Å²) in [4.78, 5) is 0. The zero-order valence-corrected chi connectivity index (χ0v) is 9.18. The number of hydrogen-bond donors (Lipinski definition) is 1. The Balaban J connectivity index is 2.11. The number of rotatable bonds is 2. The molecule has 2 rings (SSSR count). The third kappa shape index (κ3) is 2.07. The van der Waals surface area contributed by atoms with Gasteiger partial charge in [-0.3, -0.25) is 0 Å². The lowest BCUT2D eigenvalue weighted by molar-refractivity contribution is 0.220. The summed E-state index contributed by atoms with van der Waals surface area (Å²) >= 11 is 3.17. The predicted octanol–water partition coefficient (Wildman–Crippen LogP) is 2.33. The van der Waals surface area contributed by atoms with Gasteiger partial charge in [-0.15, -0.1) is 0 Å². The molecule has 0 aromatic heterocycles. The van der Waals surface area contributed by atoms with Gasteiger partial charge >= 0.3 is 0 Å². The SMILES string of the molecule is Fc1cccc(OC2CCNC2)c1Br. The van der Waals surface area contributed by atoms with Crippen LogP contribution in [0.1, 0.15) is 6.42 Å². The van der Waals surface area contributed by atoms with Crippen LogP contribution < -0.4 is 10.1 Å². The van der Waals surface area contributed by atoms with Gasteiger partial charge in [-0.25, -0.2) is 4.39 Å². The molecule has 76 valence electrons. The van der Waals surface area contributed by atoms with E-state index in [1.165, 1.54) is 6.07 Å². The minimum atomic E-state index is -0.284. The highest BCUT2D eigenvalue weighted by atomic mass is 79.9. The maximum Gasteiger partial charge on any atom is 0.141 e. The van der Waals surface area contributed by atoms with Crippen molar-refractivity contribution >= 4 is 15.9 Å². The zero-order chi connectivity index (χ0) is 9.97. The Labute approximate surface area is 90.6 Å². The molecular formula is C10H11BrFNO. The summed E-state index contributed by atoms with van der Waals surface area (Å²) in [5, 5.41) is 3.19. The molecule has 4 heteroatoms. The van der Waals surface area contributed by atoms with Crippen molar-refractivity contribution in [3.05, 3.63) is 28.5 Å². The van der Waals surface area contributed by atoms with E-state index in [-0.39, 0.29) is 11.9 Å². The van der Waals surface area contributed by atoms with Gasteiger partial charge in [0.25, 0.3) is 0 Å². The lowest BCUT2D eigenvalue weighted by atomic mass is 10.3. The number of benzene rings is 1. The molecule has 0 amide bonds. The quantitative estimate of drug-likeness (QED) is 0.881. The number of nitrogens with one attached hydrogen (secondary N) is 1. The maximum absolute atomic E-state index is 13.1. The first kappa shape index (κ1) is 9.93. The van der Waals surface area contributed by atoms with Crippen molar-refractivity contribution in [2.75, 3.05) is 13.1 Å². The van der Waals surface area contributed by atoms with Crippen molar-refractivity contribution in [3.63, 3.8) is 0 Å². The normalized spacial score (nSPS) is 21.1. The molecule has 1 aromatic carbocycles. The van der Waals surface area contributed by atoms with Crippen LogP contribution in [0.15, 0.2) is 22.7 Å². The van der Waals surface area contributed by atoms with Gasteiger partial charge in [0.1, 0.15) is 17.7 Å². The van der Waals surface area contributed by atoms with Crippen molar-refractivity contribution < 1.29 is 9.13 Å². The van der Waals surface area contributed by atoms with E-state index in [1.54, 1.807) is 12.1 Å². The van der Waals surface area contributed by atoms with Crippen LogP contribution >= 0.6 is 15.9 Å². The number of hydrogen-bond acceptors (Lipinski definition) is 2. The first-order valence-corrected chi connectivity index (χ1v) is 5.38. The minimum absolute atomic E-state index is 0.160. The minimum Gasteiger partial charge on any atom is -0.488 e. The lowest BCUT2D eigenvalue weighted by Crippen LogP contribution is -2.19. The molecule has 0 spiro atoms. The van der Waals surface area contributed by atoms with Crippen LogP contribution in [0.2, 0.25) is 0 Å². The van der Waals surface area contributed by atoms with Crippen LogP contribution in [0.5, 0.6) is 5.75 Å². The predicted molar refractivity (Wildman–Crippen MR) is 56.0 cm³/mol. The topological polar surface area (TPSA) is 21.3 Å². The van der Waals surface area contributed by atoms with Gasteiger partial charge in [-0.05, 0) is 41.0 Å². The van der Waals surface area contributed by atoms with E-state index in [2.05, 4.69) is 21.2 Å². The highest BCUT2D eigenvalue weighted by Gasteiger charge is 2.17. The van der Waals surface area contributed by atoms with Crippen molar-refractivity contribution in [2.24, 2.45) is 0 Å². The second kappa shape index (κ2) is 4.28. The third-order valence-electron chi connectivity index (χ3n) is 2.22. The van der Waals surface area contributed by atoms with E-state index in [0.29, 0.717) is 10.2 Å². The smallest absolute Gasteiger partial charge is 0.141 e. The molecule has 0 aliphatic carbocycles. The second-order valence-corrected chi connectivity index (χ2v) is 4.08. The van der Waals surface area contributed by atoms with Gasteiger partial charge < -0.3 is 10.1 Å². The van der Waals surface area contributed by atoms with Crippen LogP contribution in [-0.4, -0.2) is 19.2 Å². The van der Waals surface area contributed by atoms with Crippen molar-refractivity contribution in [2.45, 2.75) is 12.5 Å². The van der Waals surface area contributed by atoms with Crippen molar-refractivity contribution in [1.29, 1.82) is 0 Å². The molecule has 1 aromatic rings. The molecule has 1 N–H and O–H groups in total. The molecule has 0 saturated carbocycles. The van der Waals surface area contributed by atoms with Crippen LogP contribution in [0.3, 0.4) is 0 Å². The third-order valence-corrected chi connectivity index (χ3v) is 2.99. The van der Waals surface area contributed by atoms with E-state index in [9.17, 15) is 4.39 Å². The van der Waals surface area contributed by atoms with E-state index >= 15 is 0 Å². The van der Waals surface area contributed by atoms with Gasteiger partial charge in [0.15, 0.2) is 0 Å². The summed E-state index contributed by atoms with van der Waals surface area (Å²) < 4.78 is 19.2. The second-order valence-electron chi connectivity index (χ2n) is 3.28. The van der Waals surface area contributed by atoms with Gasteiger partial charge in [0.2, 0.25) is 0 Å². The Morgan fingerprint density at radius 3 is 3.07 bits per heavy atom. The fourth-order valence-electron chi connectivity index (χ4n) is 1.48. The van der Waals surface area contributed by atoms with Crippen molar-refractivity contribution in [1.82, 2.24) is 5.32 Å². The van der Waals surface area contributed by atoms with Gasteiger partial charge in [-0.1, -0.05) is 6.07 Å². The van der Waals surface area contributed by atoms with Crippen LogP contribution in [-0.2, 0) is 0 Å². The van der Waals surface area contributed by atoms with E-state index in [0.717, 1.165) is 19.5 Å². The Hall–Kier alpha value is -0.610. The summed E-state index contributed by atoms with van der Waals surface area (Å²) in [5.74, 6) is 0.298. The molecule has 14 heavy (non-hydrogen) atoms. The van der Waals surface area contributed by atoms with Gasteiger partial charge in [0, 0.05) is 6.54 Å². The van der Waals surface area contributed by atoms with Crippen molar-refractivity contribution in [3.8, 4) is 5.75 Å². The van der Waals surface area contributed by atoms with E-state index in [1.807, 2.05) is 0 Å². The lowest BCUT2D eigenvalue weighted by Gasteiger charge is -2.13. The Morgan fingerprint density at radius 2 is 2.36 bits per heavy atom. The summed E-state index contributed by atoms with van der Waals surface area (Å²) in [6.45, 7) is 1.81. The molecule has 0 bridgehead atoms. The standard InChI is InChI=1S/C10H11BrFNO/c11-10-8(12)2-1-3-9(10)14-7-4-5-13-6-7/h1-3,7,13H,4-6H2. The average Bonchev–Trinajstić information content (AvgIpc) is 2.66. The first-order valence-electron chi connectivity index (χ1n) is 4.59. The Kier molecular flexibility index (Phi) is 3.03. The van der Waals surface area contributed by atoms with Gasteiger partial charge in [-0.2, -0.15) is 0 Å². The molecule has 1 aliphatic heterocycles. The Morgan fingerprint density at radius 1 is 1.50 bits per heavy atom. The summed E-state index contributed by atoms with van der Waals surface area (Å²) in [5.41, 5.74) is 0. The van der Waals surface area contributed by atoms with E-state index < -0.39 is 0 Å². The van der Waals surface area contributed by atoms with Crippen LogP contribution in [0.4, 0.5) is 4.39 Å². The molecule has 2 nitrogen and oxygen atoms in total. The molecule has 1 atom stereocenters. The average molecular weight is 260 g/mol. The summed E-state index contributed by atoms with van der Waals surface area (Å²) in [6.07, 6.45) is 1.14. The molecule has 1 heterocycles. The molecule has 0 radical (unpaired) electrons. The monoisotopic (exact) mass is 259 g/mol. The van der Waals surface area contributed by atoms with Gasteiger partial charge in [0.05, 0.1) is 4.47 Å². The summed E-state index contributed by atoms with van der Waals surface area (Å²) in [6, 6.07) is 4.83.